The van der Waals surface area contributed by atoms with Crippen molar-refractivity contribution < 1.29 is 4.79 Å². The lowest BCUT2D eigenvalue weighted by Crippen LogP contribution is -2.25. The Morgan fingerprint density at radius 2 is 1.86 bits per heavy atom. The Hall–Kier alpha value is -5.16. The van der Waals surface area contributed by atoms with Crippen LogP contribution in [0.2, 0.25) is 0 Å². The van der Waals surface area contributed by atoms with Gasteiger partial charge in [0.15, 0.2) is 10.8 Å². The first-order valence-corrected chi connectivity index (χ1v) is 14.8. The van der Waals surface area contributed by atoms with E-state index >= 15 is 0 Å². The number of aryl methyl sites for hydroxylation is 3. The number of aromatic nitrogens is 6. The second kappa shape index (κ2) is 10.3. The van der Waals surface area contributed by atoms with Gasteiger partial charge < -0.3 is 11.1 Å². The van der Waals surface area contributed by atoms with Crippen molar-refractivity contribution in [3.63, 3.8) is 0 Å². The van der Waals surface area contributed by atoms with Gasteiger partial charge >= 0.3 is 0 Å². The van der Waals surface area contributed by atoms with E-state index in [0.29, 0.717) is 33.1 Å². The summed E-state index contributed by atoms with van der Waals surface area (Å²) in [5.41, 5.74) is 12.9. The predicted octanol–water partition coefficient (Wildman–Crippen LogP) is 5.28. The fraction of sp³-hybridized carbons (Fsp3) is 0.188. The van der Waals surface area contributed by atoms with Crippen LogP contribution >= 0.6 is 11.3 Å². The molecule has 10 nitrogen and oxygen atoms in total. The third kappa shape index (κ3) is 4.58. The number of nitrogen functional groups attached to an aromatic ring is 1. The molecule has 2 aromatic carbocycles. The number of carbonyl (C=O) groups is 1. The van der Waals surface area contributed by atoms with E-state index in [4.69, 9.17) is 10.8 Å². The first kappa shape index (κ1) is 26.7. The number of nitrogens with one attached hydrogen (secondary N) is 1. The molecule has 0 aliphatic heterocycles. The van der Waals surface area contributed by atoms with E-state index in [2.05, 4.69) is 26.3 Å². The van der Waals surface area contributed by atoms with Crippen molar-refractivity contribution in [3.8, 4) is 5.69 Å². The maximum Gasteiger partial charge on any atom is 0.263 e. The van der Waals surface area contributed by atoms with E-state index < -0.39 is 0 Å². The molecule has 0 spiro atoms. The number of thiazole rings is 1. The van der Waals surface area contributed by atoms with Crippen LogP contribution in [-0.2, 0) is 17.8 Å². The van der Waals surface area contributed by atoms with Gasteiger partial charge in [0.1, 0.15) is 17.8 Å². The molecule has 11 heteroatoms. The Morgan fingerprint density at radius 1 is 1.05 bits per heavy atom. The molecular formula is C32H28N8O2S. The quantitative estimate of drug-likeness (QED) is 0.280. The highest BCUT2D eigenvalue weighted by Crippen LogP contribution is 2.38. The van der Waals surface area contributed by atoms with Gasteiger partial charge in [0.25, 0.3) is 5.56 Å². The SMILES string of the molecule is CC(=O)Nc1nc2c(s1)CCC(c1nn(Cc3cc4cccc(C)c4c(=O)n3-c3ccccc3C)c3ncnc(N)c13)=C2. The van der Waals surface area contributed by atoms with Crippen LogP contribution in [0.5, 0.6) is 0 Å². The molecule has 0 radical (unpaired) electrons. The zero-order valence-corrected chi connectivity index (χ0v) is 24.7. The van der Waals surface area contributed by atoms with Gasteiger partial charge in [0.2, 0.25) is 5.91 Å². The van der Waals surface area contributed by atoms with Gasteiger partial charge in [-0.1, -0.05) is 36.4 Å². The average Bonchev–Trinajstić information content (AvgIpc) is 3.54. The third-order valence-corrected chi connectivity index (χ3v) is 8.85. The van der Waals surface area contributed by atoms with Gasteiger partial charge in [-0.3, -0.25) is 14.2 Å². The Kier molecular flexibility index (Phi) is 6.39. The van der Waals surface area contributed by atoms with E-state index in [1.54, 1.807) is 9.25 Å². The molecule has 0 saturated heterocycles. The number of carbonyl (C=O) groups excluding carboxylic acids is 1. The standard InChI is InChI=1S/C32H28N8O2S/c1-17-7-4-5-10-24(17)40-22(13-20-9-6-8-18(2)26(20)31(40)42)15-39-30-27(29(33)34-16-35-30)28(38-39)21-11-12-25-23(14-21)37-32(43-25)36-19(3)41/h4-10,13-14,16H,11-12,15H2,1-3H3,(H2,33,34,35)(H,36,37,41). The number of amides is 1. The summed E-state index contributed by atoms with van der Waals surface area (Å²) >= 11 is 1.48. The predicted molar refractivity (Wildman–Crippen MR) is 170 cm³/mol. The Morgan fingerprint density at radius 3 is 2.67 bits per heavy atom. The highest BCUT2D eigenvalue weighted by atomic mass is 32.1. The highest BCUT2D eigenvalue weighted by molar-refractivity contribution is 7.16. The number of nitrogens with zero attached hydrogens (tertiary/aromatic N) is 6. The molecule has 1 aliphatic carbocycles. The number of benzene rings is 2. The lowest BCUT2D eigenvalue weighted by atomic mass is 9.97. The van der Waals surface area contributed by atoms with Gasteiger partial charge in [0.05, 0.1) is 28.7 Å². The topological polar surface area (TPSA) is 134 Å². The van der Waals surface area contributed by atoms with Crippen molar-refractivity contribution in [2.75, 3.05) is 11.1 Å². The normalized spacial score (nSPS) is 12.9. The second-order valence-electron chi connectivity index (χ2n) is 10.7. The van der Waals surface area contributed by atoms with E-state index in [1.165, 1.54) is 24.6 Å². The Bertz CT molecular complexity index is 2190. The van der Waals surface area contributed by atoms with Crippen LogP contribution in [0, 0.1) is 13.8 Å². The molecule has 6 aromatic rings. The molecule has 4 aromatic heterocycles. The summed E-state index contributed by atoms with van der Waals surface area (Å²) in [6.45, 7) is 5.72. The summed E-state index contributed by atoms with van der Waals surface area (Å²) in [7, 11) is 0. The maximum absolute atomic E-state index is 14.1. The molecule has 0 bridgehead atoms. The van der Waals surface area contributed by atoms with Crippen LogP contribution in [0.15, 0.2) is 59.7 Å². The van der Waals surface area contributed by atoms with Crippen molar-refractivity contribution in [3.05, 3.63) is 98.3 Å². The monoisotopic (exact) mass is 588 g/mol. The summed E-state index contributed by atoms with van der Waals surface area (Å²) in [4.78, 5) is 40.3. The van der Waals surface area contributed by atoms with Gasteiger partial charge in [-0.2, -0.15) is 5.10 Å². The molecule has 0 atom stereocenters. The van der Waals surface area contributed by atoms with Crippen LogP contribution in [0.3, 0.4) is 0 Å². The smallest absolute Gasteiger partial charge is 0.263 e. The summed E-state index contributed by atoms with van der Waals surface area (Å²) < 4.78 is 3.58. The molecule has 0 saturated carbocycles. The summed E-state index contributed by atoms with van der Waals surface area (Å²) in [6.07, 6.45) is 4.92. The molecule has 0 fully saturated rings. The number of pyridine rings is 1. The van der Waals surface area contributed by atoms with Crippen molar-refractivity contribution in [2.45, 2.75) is 40.2 Å². The van der Waals surface area contributed by atoms with Crippen molar-refractivity contribution in [1.82, 2.24) is 29.3 Å². The molecule has 43 heavy (non-hydrogen) atoms. The maximum atomic E-state index is 14.1. The number of hydrogen-bond donors (Lipinski definition) is 2. The van der Waals surface area contributed by atoms with Gasteiger partial charge in [-0.25, -0.2) is 19.6 Å². The van der Waals surface area contributed by atoms with Gasteiger partial charge in [-0.15, -0.1) is 11.3 Å². The number of hydrogen-bond acceptors (Lipinski definition) is 8. The van der Waals surface area contributed by atoms with Crippen LogP contribution in [0.4, 0.5) is 10.9 Å². The highest BCUT2D eigenvalue weighted by Gasteiger charge is 2.24. The summed E-state index contributed by atoms with van der Waals surface area (Å²) in [5.74, 6) is 0.179. The van der Waals surface area contributed by atoms with Crippen LogP contribution < -0.4 is 16.6 Å². The molecule has 4 heterocycles. The molecule has 0 unspecified atom stereocenters. The fourth-order valence-corrected chi connectivity index (χ4v) is 6.82. The first-order chi connectivity index (χ1) is 20.8. The summed E-state index contributed by atoms with van der Waals surface area (Å²) in [6, 6.07) is 15.8. The number of para-hydroxylation sites is 1. The zero-order chi connectivity index (χ0) is 29.8. The largest absolute Gasteiger partial charge is 0.383 e. The van der Waals surface area contributed by atoms with Gasteiger partial charge in [-0.05, 0) is 67.0 Å². The van der Waals surface area contributed by atoms with E-state index in [-0.39, 0.29) is 18.0 Å². The molecule has 214 valence electrons. The van der Waals surface area contributed by atoms with Crippen molar-refractivity contribution in [1.29, 1.82) is 0 Å². The Balaban J connectivity index is 1.40. The van der Waals surface area contributed by atoms with E-state index in [9.17, 15) is 9.59 Å². The third-order valence-electron chi connectivity index (χ3n) is 7.81. The van der Waals surface area contributed by atoms with Crippen LogP contribution in [0.1, 0.15) is 46.4 Å². The number of fused-ring (bicyclic) bond motifs is 3. The second-order valence-corrected chi connectivity index (χ2v) is 11.8. The lowest BCUT2D eigenvalue weighted by Gasteiger charge is -2.17. The van der Waals surface area contributed by atoms with E-state index in [0.717, 1.165) is 56.9 Å². The lowest BCUT2D eigenvalue weighted by molar-refractivity contribution is -0.114. The average molecular weight is 589 g/mol. The molecule has 1 amide bonds. The number of nitrogens with two attached hydrogens (primary N) is 1. The van der Waals surface area contributed by atoms with Crippen LogP contribution in [0.25, 0.3) is 39.1 Å². The van der Waals surface area contributed by atoms with Crippen molar-refractivity contribution in [2.24, 2.45) is 0 Å². The van der Waals surface area contributed by atoms with Gasteiger partial charge in [0, 0.05) is 17.5 Å². The summed E-state index contributed by atoms with van der Waals surface area (Å²) in [5, 5.41) is 10.6. The first-order valence-electron chi connectivity index (χ1n) is 13.9. The molecule has 1 aliphatic rings. The molecular weight excluding hydrogens is 560 g/mol. The minimum atomic E-state index is -0.155. The zero-order valence-electron chi connectivity index (χ0n) is 23.9. The Labute approximate surface area is 250 Å². The number of allylic oxidation sites excluding steroid dienone is 1. The van der Waals surface area contributed by atoms with Crippen molar-refractivity contribution >= 4 is 61.6 Å². The van der Waals surface area contributed by atoms with Crippen LogP contribution in [-0.4, -0.2) is 35.2 Å². The van der Waals surface area contributed by atoms with E-state index in [1.807, 2.05) is 62.4 Å². The fourth-order valence-electron chi connectivity index (χ4n) is 5.83. The number of anilines is 2. The molecule has 7 rings (SSSR count). The molecule has 3 N–H and O–H groups in total. The minimum Gasteiger partial charge on any atom is -0.383 e. The minimum absolute atomic E-state index is 0.0771. The number of rotatable bonds is 5.